The van der Waals surface area contributed by atoms with E-state index in [1.54, 1.807) is 6.20 Å². The Balaban J connectivity index is 0.00000106. The summed E-state index contributed by atoms with van der Waals surface area (Å²) in [6.45, 7) is 0. The molecule has 0 spiro atoms. The topological polar surface area (TPSA) is 25.8 Å². The van der Waals surface area contributed by atoms with Crippen molar-refractivity contribution in [3.63, 3.8) is 0 Å². The van der Waals surface area contributed by atoms with Crippen LogP contribution < -0.4 is 0 Å². The number of benzene rings is 1. The van der Waals surface area contributed by atoms with Crippen LogP contribution in [0.3, 0.4) is 0 Å². The SMILES string of the molecule is [Ir].[c-]1ccnc2ccc3cc4c(nc3c12)C1CCC4C1. The maximum absolute atomic E-state index is 5.00. The summed E-state index contributed by atoms with van der Waals surface area (Å²) in [5.74, 6) is 1.47. The molecule has 0 amide bonds. The van der Waals surface area contributed by atoms with Gasteiger partial charge in [0.25, 0.3) is 0 Å². The number of rotatable bonds is 0. The van der Waals surface area contributed by atoms with E-state index in [9.17, 15) is 0 Å². The van der Waals surface area contributed by atoms with Crippen molar-refractivity contribution in [2.75, 3.05) is 0 Å². The number of hydrogen-bond donors (Lipinski definition) is 0. The van der Waals surface area contributed by atoms with Crippen LogP contribution in [0.5, 0.6) is 0 Å². The molecule has 0 saturated heterocycles. The predicted molar refractivity (Wildman–Crippen MR) is 75.2 cm³/mol. The molecule has 101 valence electrons. The molecule has 2 aliphatic rings. The summed E-state index contributed by atoms with van der Waals surface area (Å²) in [4.78, 5) is 9.40. The average molecular weight is 438 g/mol. The van der Waals surface area contributed by atoms with E-state index in [4.69, 9.17) is 4.98 Å². The Bertz CT molecular complexity index is 828. The third-order valence-electron chi connectivity index (χ3n) is 4.80. The molecule has 5 rings (SSSR count). The normalized spacial score (nSPS) is 23.0. The second-order valence-corrected chi connectivity index (χ2v) is 5.79. The van der Waals surface area contributed by atoms with E-state index < -0.39 is 0 Å². The molecule has 1 aromatic carbocycles. The first kappa shape index (κ1) is 12.4. The Morgan fingerprint density at radius 3 is 3.00 bits per heavy atom. The fourth-order valence-corrected chi connectivity index (χ4v) is 3.91. The average Bonchev–Trinajstić information content (AvgIpc) is 3.07. The van der Waals surface area contributed by atoms with Crippen LogP contribution >= 0.6 is 0 Å². The number of pyridine rings is 2. The summed E-state index contributed by atoms with van der Waals surface area (Å²) in [6.07, 6.45) is 5.79. The molecule has 2 aliphatic carbocycles. The second kappa shape index (κ2) is 4.34. The molecule has 2 nitrogen and oxygen atoms in total. The van der Waals surface area contributed by atoms with Gasteiger partial charge in [0.05, 0.1) is 0 Å². The minimum absolute atomic E-state index is 0. The van der Waals surface area contributed by atoms with Gasteiger partial charge in [-0.1, -0.05) is 29.8 Å². The van der Waals surface area contributed by atoms with Crippen LogP contribution in [-0.4, -0.2) is 9.97 Å². The molecule has 1 saturated carbocycles. The van der Waals surface area contributed by atoms with Gasteiger partial charge < -0.3 is 9.97 Å². The molecule has 3 aromatic rings. The summed E-state index contributed by atoms with van der Waals surface area (Å²) in [7, 11) is 0. The maximum atomic E-state index is 5.00. The molecular weight excluding hydrogens is 424 g/mol. The number of nitrogens with zero attached hydrogens (tertiary/aromatic N) is 2. The van der Waals surface area contributed by atoms with Gasteiger partial charge in [0.1, 0.15) is 0 Å². The van der Waals surface area contributed by atoms with Gasteiger partial charge in [-0.15, -0.1) is 12.1 Å². The fraction of sp³-hybridized carbons (Fsp3) is 0.294. The van der Waals surface area contributed by atoms with E-state index in [1.165, 1.54) is 35.9 Å². The zero-order valence-electron chi connectivity index (χ0n) is 10.9. The van der Waals surface area contributed by atoms with Gasteiger partial charge in [0, 0.05) is 31.7 Å². The Morgan fingerprint density at radius 2 is 2.05 bits per heavy atom. The van der Waals surface area contributed by atoms with E-state index in [0.717, 1.165) is 22.3 Å². The minimum atomic E-state index is 0. The van der Waals surface area contributed by atoms with Crippen molar-refractivity contribution in [3.8, 4) is 0 Å². The standard InChI is InChI=1S/C17H13N2.Ir/c1-2-13-15(18-7-1)6-5-12-9-14-10-3-4-11(8-10)17(14)19-16(12)13;/h1,5-7,9-11H,3-4,8H2;/q-1;. The van der Waals surface area contributed by atoms with Crippen LogP contribution in [0.2, 0.25) is 0 Å². The monoisotopic (exact) mass is 438 g/mol. The van der Waals surface area contributed by atoms with Gasteiger partial charge in [-0.25, -0.2) is 0 Å². The minimum Gasteiger partial charge on any atom is -0.352 e. The molecule has 2 atom stereocenters. The van der Waals surface area contributed by atoms with Gasteiger partial charge in [-0.3, -0.25) is 0 Å². The van der Waals surface area contributed by atoms with Crippen LogP contribution in [0.4, 0.5) is 0 Å². The first-order valence-electron chi connectivity index (χ1n) is 7.00. The molecule has 20 heavy (non-hydrogen) atoms. The van der Waals surface area contributed by atoms with Crippen molar-refractivity contribution in [1.82, 2.24) is 9.97 Å². The fourth-order valence-electron chi connectivity index (χ4n) is 3.91. The summed E-state index contributed by atoms with van der Waals surface area (Å²) in [5.41, 5.74) is 4.93. The zero-order chi connectivity index (χ0) is 12.4. The summed E-state index contributed by atoms with van der Waals surface area (Å²) in [6, 6.07) is 11.8. The van der Waals surface area contributed by atoms with E-state index in [1.807, 2.05) is 6.07 Å². The van der Waals surface area contributed by atoms with Crippen LogP contribution in [0, 0.1) is 6.07 Å². The van der Waals surface area contributed by atoms with E-state index in [2.05, 4.69) is 29.2 Å². The summed E-state index contributed by atoms with van der Waals surface area (Å²) >= 11 is 0. The third kappa shape index (κ3) is 1.54. The second-order valence-electron chi connectivity index (χ2n) is 5.79. The van der Waals surface area contributed by atoms with Crippen LogP contribution in [0.1, 0.15) is 42.4 Å². The number of aromatic nitrogens is 2. The van der Waals surface area contributed by atoms with Crippen molar-refractivity contribution >= 4 is 21.8 Å². The molecule has 0 N–H and O–H groups in total. The Hall–Kier alpha value is -1.31. The summed E-state index contributed by atoms with van der Waals surface area (Å²) < 4.78 is 0. The Kier molecular flexibility index (Phi) is 2.70. The van der Waals surface area contributed by atoms with Crippen LogP contribution in [0.25, 0.3) is 21.8 Å². The molecule has 1 fully saturated rings. The van der Waals surface area contributed by atoms with Gasteiger partial charge in [-0.2, -0.15) is 0 Å². The molecular formula is C17H13IrN2-. The molecule has 2 aromatic heterocycles. The Morgan fingerprint density at radius 1 is 1.15 bits per heavy atom. The van der Waals surface area contributed by atoms with Crippen molar-refractivity contribution in [3.05, 3.63) is 47.8 Å². The first-order valence-corrected chi connectivity index (χ1v) is 7.00. The number of hydrogen-bond acceptors (Lipinski definition) is 2. The van der Waals surface area contributed by atoms with Crippen molar-refractivity contribution in [2.45, 2.75) is 31.1 Å². The Labute approximate surface area is 131 Å². The quantitative estimate of drug-likeness (QED) is 0.393. The van der Waals surface area contributed by atoms with Crippen LogP contribution in [0.15, 0.2) is 30.5 Å². The summed E-state index contributed by atoms with van der Waals surface area (Å²) in [5, 5.41) is 2.30. The number of fused-ring (bicyclic) bond motifs is 8. The molecule has 2 bridgehead atoms. The van der Waals surface area contributed by atoms with Gasteiger partial charge in [0.2, 0.25) is 0 Å². The predicted octanol–water partition coefficient (Wildman–Crippen LogP) is 3.95. The largest absolute Gasteiger partial charge is 0.352 e. The van der Waals surface area contributed by atoms with Gasteiger partial charge in [0.15, 0.2) is 0 Å². The maximum Gasteiger partial charge on any atom is 0.0363 e. The smallest absolute Gasteiger partial charge is 0.0363 e. The molecule has 2 heterocycles. The van der Waals surface area contributed by atoms with E-state index in [0.29, 0.717) is 5.92 Å². The van der Waals surface area contributed by atoms with E-state index >= 15 is 0 Å². The third-order valence-corrected chi connectivity index (χ3v) is 4.80. The van der Waals surface area contributed by atoms with E-state index in [-0.39, 0.29) is 20.1 Å². The first-order chi connectivity index (χ1) is 9.40. The van der Waals surface area contributed by atoms with Gasteiger partial charge in [-0.05, 0) is 47.2 Å². The molecule has 3 heteroatoms. The van der Waals surface area contributed by atoms with Gasteiger partial charge >= 0.3 is 0 Å². The molecule has 1 radical (unpaired) electrons. The molecule has 2 unspecified atom stereocenters. The molecule has 0 aliphatic heterocycles. The van der Waals surface area contributed by atoms with Crippen LogP contribution in [-0.2, 0) is 20.1 Å². The van der Waals surface area contributed by atoms with Crippen molar-refractivity contribution in [1.29, 1.82) is 0 Å². The zero-order valence-corrected chi connectivity index (χ0v) is 13.3. The van der Waals surface area contributed by atoms with Crippen molar-refractivity contribution < 1.29 is 20.1 Å². The van der Waals surface area contributed by atoms with Crippen molar-refractivity contribution in [2.24, 2.45) is 0 Å².